The van der Waals surface area contributed by atoms with Gasteiger partial charge in [0.15, 0.2) is 5.82 Å². The summed E-state index contributed by atoms with van der Waals surface area (Å²) >= 11 is 6.88. The van der Waals surface area contributed by atoms with Gasteiger partial charge in [-0.1, -0.05) is 11.6 Å². The number of alkyl carbamates (subject to hydrolysis) is 1. The van der Waals surface area contributed by atoms with Crippen molar-refractivity contribution in [2.24, 2.45) is 5.92 Å². The largest absolute Gasteiger partial charge is 0.462 e. The second-order valence-electron chi connectivity index (χ2n) is 12.2. The summed E-state index contributed by atoms with van der Waals surface area (Å²) in [5.41, 5.74) is 2.45. The van der Waals surface area contributed by atoms with Crippen LogP contribution in [0.1, 0.15) is 43.6 Å². The number of fused-ring (bicyclic) bond motifs is 6. The van der Waals surface area contributed by atoms with Crippen molar-refractivity contribution in [3.8, 4) is 17.3 Å². The Balaban J connectivity index is 1.31. The van der Waals surface area contributed by atoms with Crippen molar-refractivity contribution in [2.75, 3.05) is 44.8 Å². The lowest BCUT2D eigenvalue weighted by atomic mass is 9.94. The molecule has 1 saturated carbocycles. The fourth-order valence-corrected chi connectivity index (χ4v) is 7.40. The van der Waals surface area contributed by atoms with Crippen LogP contribution in [0.5, 0.6) is 6.01 Å². The van der Waals surface area contributed by atoms with Gasteiger partial charge in [0.05, 0.1) is 29.7 Å². The first-order valence-electron chi connectivity index (χ1n) is 15.0. The molecule has 0 spiro atoms. The number of anilines is 1. The Hall–Kier alpha value is -3.77. The number of carbonyl (C=O) groups is 1. The van der Waals surface area contributed by atoms with Gasteiger partial charge in [0.2, 0.25) is 0 Å². The van der Waals surface area contributed by atoms with Crippen molar-refractivity contribution >= 4 is 45.3 Å². The van der Waals surface area contributed by atoms with Crippen molar-refractivity contribution in [1.29, 1.82) is 0 Å². The number of hydrogen-bond acceptors (Lipinski definition) is 9. The zero-order valence-corrected chi connectivity index (χ0v) is 24.5. The van der Waals surface area contributed by atoms with Crippen molar-refractivity contribution < 1.29 is 18.7 Å². The minimum Gasteiger partial charge on any atom is -0.462 e. The van der Waals surface area contributed by atoms with E-state index in [0.29, 0.717) is 66.5 Å². The Morgan fingerprint density at radius 3 is 2.95 bits per heavy atom. The zero-order valence-electron chi connectivity index (χ0n) is 23.8. The van der Waals surface area contributed by atoms with E-state index in [-0.39, 0.29) is 41.1 Å². The third-order valence-electron chi connectivity index (χ3n) is 9.52. The fourth-order valence-electron chi connectivity index (χ4n) is 7.06. The number of ether oxygens (including phenoxy) is 2. The number of amides is 1. The molecule has 0 unspecified atom stereocenters. The van der Waals surface area contributed by atoms with E-state index < -0.39 is 11.9 Å². The average Bonchev–Trinajstić information content (AvgIpc) is 3.32. The van der Waals surface area contributed by atoms with Gasteiger partial charge in [0.1, 0.15) is 23.6 Å². The lowest BCUT2D eigenvalue weighted by molar-refractivity contribution is 0.139. The summed E-state index contributed by atoms with van der Waals surface area (Å²) in [7, 11) is 2.08. The lowest BCUT2D eigenvalue weighted by Gasteiger charge is -2.22. The van der Waals surface area contributed by atoms with E-state index >= 15 is 4.39 Å². The Bertz CT molecular complexity index is 1750. The SMILES string of the molecule is CN1CCC[C@H]1COc1nc2c3cnc(c(F)c3n1)-c1c(c(Cl)cc3[nH]ncc13)[C@@H]1C[C@@H]1CCOC(=O)N[C@@H]1CCN2C1. The highest BCUT2D eigenvalue weighted by atomic mass is 35.5. The first kappa shape index (κ1) is 26.8. The van der Waals surface area contributed by atoms with Gasteiger partial charge in [-0.25, -0.2) is 9.18 Å². The van der Waals surface area contributed by atoms with Gasteiger partial charge >= 0.3 is 12.1 Å². The number of hydrogen-bond donors (Lipinski definition) is 2. The van der Waals surface area contributed by atoms with Crippen LogP contribution in [-0.4, -0.2) is 88.1 Å². The molecule has 43 heavy (non-hydrogen) atoms. The van der Waals surface area contributed by atoms with E-state index in [2.05, 4.69) is 32.4 Å². The van der Waals surface area contributed by atoms with Crippen LogP contribution in [-0.2, 0) is 4.74 Å². The van der Waals surface area contributed by atoms with E-state index in [1.54, 1.807) is 12.4 Å². The molecular weight excluding hydrogens is 575 g/mol. The molecule has 1 aromatic carbocycles. The number of halogens is 2. The van der Waals surface area contributed by atoms with E-state index in [4.69, 9.17) is 31.0 Å². The number of carbonyl (C=O) groups excluding carboxylic acids is 1. The topological polar surface area (TPSA) is 121 Å². The Kier molecular flexibility index (Phi) is 6.52. The van der Waals surface area contributed by atoms with Gasteiger partial charge in [0.25, 0.3) is 0 Å². The van der Waals surface area contributed by atoms with Crippen LogP contribution in [0, 0.1) is 11.7 Å². The highest BCUT2D eigenvalue weighted by Gasteiger charge is 2.42. The summed E-state index contributed by atoms with van der Waals surface area (Å²) in [6, 6.07) is 2.07. The molecule has 11 nitrogen and oxygen atoms in total. The molecule has 5 aliphatic rings. The maximum Gasteiger partial charge on any atom is 0.407 e. The zero-order chi connectivity index (χ0) is 29.2. The van der Waals surface area contributed by atoms with Crippen LogP contribution >= 0.6 is 11.6 Å². The first-order valence-corrected chi connectivity index (χ1v) is 15.4. The van der Waals surface area contributed by atoms with Gasteiger partial charge in [-0.05, 0) is 69.2 Å². The maximum absolute atomic E-state index is 16.9. The molecule has 0 radical (unpaired) electrons. The standard InChI is InChI=1S/C30H32ClFN8O3/c1-39-6-2-3-17(39)14-43-29-36-26-20-11-33-27(25(26)32)24-19-12-34-38-22(19)10-21(31)23(24)18-9-15(18)5-8-42-30(41)35-16-4-7-40(13-16)28(20)37-29/h10-12,15-18H,2-9,13-14H2,1H3,(H,34,38)(H,35,41)/t15-,16+,17-,18+/m0/s1. The summed E-state index contributed by atoms with van der Waals surface area (Å²) in [4.78, 5) is 31.0. The van der Waals surface area contributed by atoms with E-state index in [1.165, 1.54) is 0 Å². The van der Waals surface area contributed by atoms with Crippen LogP contribution in [0.3, 0.4) is 0 Å². The summed E-state index contributed by atoms with van der Waals surface area (Å²) in [6.07, 6.45) is 7.27. The van der Waals surface area contributed by atoms with Crippen molar-refractivity contribution in [2.45, 2.75) is 50.1 Å². The van der Waals surface area contributed by atoms with Gasteiger partial charge < -0.3 is 24.6 Å². The molecule has 4 atom stereocenters. The molecular formula is C30H32ClFN8O3. The summed E-state index contributed by atoms with van der Waals surface area (Å²) in [5.74, 6) is 0.300. The molecule has 2 saturated heterocycles. The molecule has 3 aromatic heterocycles. The number of aromatic amines is 1. The van der Waals surface area contributed by atoms with Crippen LogP contribution < -0.4 is 15.0 Å². The lowest BCUT2D eigenvalue weighted by Crippen LogP contribution is -2.37. The number of aromatic nitrogens is 5. The third-order valence-corrected chi connectivity index (χ3v) is 9.83. The monoisotopic (exact) mass is 606 g/mol. The number of nitrogens with one attached hydrogen (secondary N) is 2. The summed E-state index contributed by atoms with van der Waals surface area (Å²) in [5, 5.41) is 11.9. The minimum atomic E-state index is -0.552. The molecule has 13 heteroatoms. The highest BCUT2D eigenvalue weighted by molar-refractivity contribution is 6.33. The predicted molar refractivity (Wildman–Crippen MR) is 159 cm³/mol. The molecule has 2 N–H and O–H groups in total. The first-order chi connectivity index (χ1) is 20.9. The van der Waals surface area contributed by atoms with Crippen molar-refractivity contribution in [1.82, 2.24) is 35.4 Å². The normalized spacial score (nSPS) is 25.6. The quantitative estimate of drug-likeness (QED) is 0.343. The Morgan fingerprint density at radius 1 is 1.19 bits per heavy atom. The molecule has 3 fully saturated rings. The smallest absolute Gasteiger partial charge is 0.407 e. The number of H-pyrrole nitrogens is 1. The van der Waals surface area contributed by atoms with Gasteiger partial charge in [-0.3, -0.25) is 10.1 Å². The second-order valence-corrected chi connectivity index (χ2v) is 12.6. The fraction of sp³-hybridized carbons (Fsp3) is 0.500. The maximum atomic E-state index is 16.9. The highest BCUT2D eigenvalue weighted by Crippen LogP contribution is 2.55. The third kappa shape index (κ3) is 4.71. The number of benzene rings is 1. The summed E-state index contributed by atoms with van der Waals surface area (Å²) in [6.45, 7) is 2.83. The van der Waals surface area contributed by atoms with E-state index in [9.17, 15) is 4.79 Å². The molecule has 9 rings (SSSR count). The van der Waals surface area contributed by atoms with Crippen molar-refractivity contribution in [3.05, 3.63) is 34.9 Å². The Morgan fingerprint density at radius 2 is 2.09 bits per heavy atom. The van der Waals surface area contributed by atoms with E-state index in [1.807, 2.05) is 11.0 Å². The second kappa shape index (κ2) is 10.4. The number of rotatable bonds is 3. The number of nitrogens with zero attached hydrogens (tertiary/aromatic N) is 6. The predicted octanol–water partition coefficient (Wildman–Crippen LogP) is 4.65. The van der Waals surface area contributed by atoms with Gasteiger partial charge in [-0.2, -0.15) is 15.1 Å². The van der Waals surface area contributed by atoms with Crippen molar-refractivity contribution in [3.63, 3.8) is 0 Å². The molecule has 4 aromatic rings. The van der Waals surface area contributed by atoms with Crippen LogP contribution in [0.25, 0.3) is 33.1 Å². The molecule has 1 aliphatic carbocycles. The van der Waals surface area contributed by atoms with E-state index in [0.717, 1.165) is 36.8 Å². The van der Waals surface area contributed by atoms with Crippen LogP contribution in [0.4, 0.5) is 15.0 Å². The average molecular weight is 607 g/mol. The van der Waals surface area contributed by atoms with Gasteiger partial charge in [0, 0.05) is 41.3 Å². The molecule has 224 valence electrons. The number of pyridine rings is 1. The minimum absolute atomic E-state index is 0.0754. The Labute approximate surface area is 252 Å². The van der Waals surface area contributed by atoms with Crippen LogP contribution in [0.2, 0.25) is 5.02 Å². The van der Waals surface area contributed by atoms with Gasteiger partial charge in [-0.15, -0.1) is 0 Å². The molecule has 1 amide bonds. The summed E-state index contributed by atoms with van der Waals surface area (Å²) < 4.78 is 28.6. The molecule has 7 heterocycles. The van der Waals surface area contributed by atoms with Crippen LogP contribution in [0.15, 0.2) is 18.5 Å². The number of likely N-dealkylation sites (N-methyl/N-ethyl adjacent to an activating group) is 1. The number of likely N-dealkylation sites (tertiary alicyclic amines) is 1. The molecule has 4 aliphatic heterocycles. The molecule has 6 bridgehead atoms.